The van der Waals surface area contributed by atoms with Crippen LogP contribution in [0, 0.1) is 5.92 Å². The molecule has 0 spiro atoms. The van der Waals surface area contributed by atoms with E-state index in [2.05, 4.69) is 20.8 Å². The monoisotopic (exact) mass is 335 g/mol. The molecule has 2 heterocycles. The molecule has 0 aliphatic heterocycles. The first-order valence-corrected chi connectivity index (χ1v) is 8.52. The first-order valence-electron chi connectivity index (χ1n) is 8.52. The van der Waals surface area contributed by atoms with Crippen LogP contribution in [0.25, 0.3) is 11.4 Å². The summed E-state index contributed by atoms with van der Waals surface area (Å²) >= 11 is 0. The second kappa shape index (κ2) is 5.54. The van der Waals surface area contributed by atoms with Crippen molar-refractivity contribution in [2.24, 2.45) is 5.92 Å². The van der Waals surface area contributed by atoms with Crippen molar-refractivity contribution >= 4 is 11.6 Å². The van der Waals surface area contributed by atoms with Crippen LogP contribution in [0.15, 0.2) is 47.1 Å². The Bertz CT molecular complexity index is 913. The highest BCUT2D eigenvalue weighted by Crippen LogP contribution is 2.48. The summed E-state index contributed by atoms with van der Waals surface area (Å²) in [6.45, 7) is 0. The van der Waals surface area contributed by atoms with Crippen molar-refractivity contribution in [3.05, 3.63) is 48.4 Å². The lowest BCUT2D eigenvalue weighted by Crippen LogP contribution is -2.14. The summed E-state index contributed by atoms with van der Waals surface area (Å²) in [6, 6.07) is 11.9. The average molecular weight is 335 g/mol. The van der Waals surface area contributed by atoms with Gasteiger partial charge in [-0.3, -0.25) is 4.79 Å². The maximum atomic E-state index is 12.5. The summed E-state index contributed by atoms with van der Waals surface area (Å²) in [4.78, 5) is 12.5. The SMILES string of the molecule is O=C(Nc1cccc(-c2nnnn2C2CC2)c1)C1CC1c1ccco1. The smallest absolute Gasteiger partial charge is 0.228 e. The van der Waals surface area contributed by atoms with Crippen molar-refractivity contribution in [3.8, 4) is 11.4 Å². The fourth-order valence-corrected chi connectivity index (χ4v) is 3.22. The molecular formula is C18H17N5O2. The van der Waals surface area contributed by atoms with Crippen LogP contribution in [0.5, 0.6) is 0 Å². The van der Waals surface area contributed by atoms with E-state index in [0.29, 0.717) is 6.04 Å². The van der Waals surface area contributed by atoms with Crippen LogP contribution in [0.3, 0.4) is 0 Å². The van der Waals surface area contributed by atoms with Gasteiger partial charge in [0.2, 0.25) is 5.91 Å². The lowest BCUT2D eigenvalue weighted by molar-refractivity contribution is -0.117. The second-order valence-electron chi connectivity index (χ2n) is 6.71. The second-order valence-corrected chi connectivity index (χ2v) is 6.71. The van der Waals surface area contributed by atoms with Gasteiger partial charge in [-0.1, -0.05) is 12.1 Å². The zero-order valence-corrected chi connectivity index (χ0v) is 13.5. The molecule has 2 saturated carbocycles. The van der Waals surface area contributed by atoms with Crippen LogP contribution in [0.2, 0.25) is 0 Å². The number of carbonyl (C=O) groups excluding carboxylic acids is 1. The number of nitrogens with zero attached hydrogens (tertiary/aromatic N) is 4. The van der Waals surface area contributed by atoms with Gasteiger partial charge in [-0.05, 0) is 54.0 Å². The molecule has 7 heteroatoms. The molecule has 5 rings (SSSR count). The third-order valence-electron chi connectivity index (χ3n) is 4.81. The normalized spacial score (nSPS) is 21.9. The standard InChI is InChI=1S/C18H17N5O2/c24-18(15-10-14(15)16-5-2-8-25-16)19-12-4-1-3-11(9-12)17-20-21-22-23(17)13-6-7-13/h1-5,8-9,13-15H,6-7,10H2,(H,19,24). The lowest BCUT2D eigenvalue weighted by atomic mass is 10.1. The van der Waals surface area contributed by atoms with Crippen LogP contribution in [-0.4, -0.2) is 26.1 Å². The number of tetrazole rings is 1. The van der Waals surface area contributed by atoms with Crippen LogP contribution in [0.4, 0.5) is 5.69 Å². The molecule has 2 unspecified atom stereocenters. The van der Waals surface area contributed by atoms with Crippen molar-refractivity contribution in [1.29, 1.82) is 0 Å². The van der Waals surface area contributed by atoms with Crippen molar-refractivity contribution in [2.75, 3.05) is 5.32 Å². The molecule has 0 bridgehead atoms. The molecule has 2 aliphatic carbocycles. The number of hydrogen-bond donors (Lipinski definition) is 1. The number of amides is 1. The third-order valence-corrected chi connectivity index (χ3v) is 4.81. The Labute approximate surface area is 144 Å². The van der Waals surface area contributed by atoms with E-state index >= 15 is 0 Å². The van der Waals surface area contributed by atoms with Crippen molar-refractivity contribution in [1.82, 2.24) is 20.2 Å². The lowest BCUT2D eigenvalue weighted by Gasteiger charge is -2.07. The van der Waals surface area contributed by atoms with Gasteiger partial charge in [0, 0.05) is 23.1 Å². The van der Waals surface area contributed by atoms with Crippen molar-refractivity contribution in [2.45, 2.75) is 31.2 Å². The van der Waals surface area contributed by atoms with Crippen LogP contribution in [0.1, 0.15) is 37.0 Å². The number of furan rings is 1. The maximum Gasteiger partial charge on any atom is 0.228 e. The van der Waals surface area contributed by atoms with Gasteiger partial charge >= 0.3 is 0 Å². The summed E-state index contributed by atoms with van der Waals surface area (Å²) in [5, 5.41) is 15.0. The van der Waals surface area contributed by atoms with E-state index in [-0.39, 0.29) is 17.7 Å². The van der Waals surface area contributed by atoms with Crippen molar-refractivity contribution in [3.63, 3.8) is 0 Å². The topological polar surface area (TPSA) is 85.8 Å². The van der Waals surface area contributed by atoms with E-state index in [4.69, 9.17) is 4.42 Å². The molecule has 1 N–H and O–H groups in total. The number of rotatable bonds is 5. The number of hydrogen-bond acceptors (Lipinski definition) is 5. The Balaban J connectivity index is 1.32. The Hall–Kier alpha value is -2.96. The molecule has 2 aliphatic rings. The molecule has 0 saturated heterocycles. The summed E-state index contributed by atoms with van der Waals surface area (Å²) in [7, 11) is 0. The molecular weight excluding hydrogens is 318 g/mol. The van der Waals surface area contributed by atoms with Gasteiger partial charge in [-0.25, -0.2) is 4.68 Å². The van der Waals surface area contributed by atoms with E-state index in [9.17, 15) is 4.79 Å². The number of aromatic nitrogens is 4. The Morgan fingerprint density at radius 1 is 1.24 bits per heavy atom. The Morgan fingerprint density at radius 3 is 2.96 bits per heavy atom. The van der Waals surface area contributed by atoms with E-state index < -0.39 is 0 Å². The molecule has 0 radical (unpaired) electrons. The number of carbonyl (C=O) groups is 1. The number of anilines is 1. The minimum atomic E-state index is -0.0217. The molecule has 1 amide bonds. The van der Waals surface area contributed by atoms with Crippen LogP contribution in [-0.2, 0) is 4.79 Å². The molecule has 2 fully saturated rings. The zero-order valence-electron chi connectivity index (χ0n) is 13.5. The highest BCUT2D eigenvalue weighted by Gasteiger charge is 2.45. The minimum Gasteiger partial charge on any atom is -0.469 e. The molecule has 25 heavy (non-hydrogen) atoms. The maximum absolute atomic E-state index is 12.5. The van der Waals surface area contributed by atoms with Crippen LogP contribution >= 0.6 is 0 Å². The van der Waals surface area contributed by atoms with Gasteiger partial charge in [-0.15, -0.1) is 5.10 Å². The van der Waals surface area contributed by atoms with Gasteiger partial charge in [0.15, 0.2) is 5.82 Å². The molecule has 126 valence electrons. The molecule has 2 atom stereocenters. The van der Waals surface area contributed by atoms with Gasteiger partial charge in [0.25, 0.3) is 0 Å². The highest BCUT2D eigenvalue weighted by atomic mass is 16.3. The van der Waals surface area contributed by atoms with Crippen LogP contribution < -0.4 is 5.32 Å². The summed E-state index contributed by atoms with van der Waals surface area (Å²) in [5.41, 5.74) is 1.67. The van der Waals surface area contributed by atoms with E-state index in [1.807, 2.05) is 41.1 Å². The predicted molar refractivity (Wildman–Crippen MR) is 89.7 cm³/mol. The highest BCUT2D eigenvalue weighted by molar-refractivity contribution is 5.95. The zero-order chi connectivity index (χ0) is 16.8. The Kier molecular flexibility index (Phi) is 3.19. The largest absolute Gasteiger partial charge is 0.469 e. The van der Waals surface area contributed by atoms with Gasteiger partial charge < -0.3 is 9.73 Å². The summed E-state index contributed by atoms with van der Waals surface area (Å²) < 4.78 is 7.26. The minimum absolute atomic E-state index is 0.0217. The molecule has 7 nitrogen and oxygen atoms in total. The quantitative estimate of drug-likeness (QED) is 0.774. The van der Waals surface area contributed by atoms with E-state index in [1.165, 1.54) is 0 Å². The van der Waals surface area contributed by atoms with E-state index in [1.54, 1.807) is 6.26 Å². The first kappa shape index (κ1) is 14.4. The fraction of sp³-hybridized carbons (Fsp3) is 0.333. The molecule has 2 aromatic heterocycles. The van der Waals surface area contributed by atoms with Gasteiger partial charge in [0.05, 0.1) is 12.3 Å². The van der Waals surface area contributed by atoms with E-state index in [0.717, 1.165) is 42.1 Å². The first-order chi connectivity index (χ1) is 12.3. The van der Waals surface area contributed by atoms with Crippen molar-refractivity contribution < 1.29 is 9.21 Å². The number of nitrogens with one attached hydrogen (secondary N) is 1. The number of benzene rings is 1. The fourth-order valence-electron chi connectivity index (χ4n) is 3.22. The van der Waals surface area contributed by atoms with Gasteiger partial charge in [0.1, 0.15) is 5.76 Å². The predicted octanol–water partition coefficient (Wildman–Crippen LogP) is 3.01. The molecule has 3 aromatic rings. The summed E-state index contributed by atoms with van der Waals surface area (Å²) in [6.07, 6.45) is 4.71. The summed E-state index contributed by atoms with van der Waals surface area (Å²) in [5.74, 6) is 1.84. The Morgan fingerprint density at radius 2 is 2.16 bits per heavy atom. The molecule has 1 aromatic carbocycles. The average Bonchev–Trinajstić information content (AvgIpc) is 3.53. The van der Waals surface area contributed by atoms with Gasteiger partial charge in [-0.2, -0.15) is 0 Å². The third kappa shape index (κ3) is 2.71.